The molecular formula is C9H15F2N. The second-order valence-electron chi connectivity index (χ2n) is 3.28. The van der Waals surface area contributed by atoms with Crippen molar-refractivity contribution in [3.63, 3.8) is 0 Å². The molecule has 0 spiro atoms. The van der Waals surface area contributed by atoms with Gasteiger partial charge in [-0.05, 0) is 25.8 Å². The van der Waals surface area contributed by atoms with Gasteiger partial charge in [0.15, 0.2) is 0 Å². The van der Waals surface area contributed by atoms with E-state index in [2.05, 4.69) is 0 Å². The molecule has 0 fully saturated rings. The molecule has 3 heteroatoms. The standard InChI is InChI=1S/C9H15F2N/c10-9(11,6-7-12)8-4-2-1-3-5-8/h1-2,8H,3-7,12H2. The fraction of sp³-hybridized carbons (Fsp3) is 0.778. The molecule has 0 aromatic heterocycles. The Hall–Kier alpha value is -0.440. The molecule has 2 N–H and O–H groups in total. The second-order valence-corrected chi connectivity index (χ2v) is 3.28. The number of hydrogen-bond donors (Lipinski definition) is 1. The lowest BCUT2D eigenvalue weighted by Crippen LogP contribution is -2.31. The van der Waals surface area contributed by atoms with Crippen LogP contribution in [-0.4, -0.2) is 12.5 Å². The molecular weight excluding hydrogens is 160 g/mol. The maximum atomic E-state index is 13.2. The van der Waals surface area contributed by atoms with Gasteiger partial charge in [0.1, 0.15) is 0 Å². The highest BCUT2D eigenvalue weighted by Crippen LogP contribution is 2.35. The Balaban J connectivity index is 2.49. The van der Waals surface area contributed by atoms with Crippen molar-refractivity contribution in [2.24, 2.45) is 11.7 Å². The zero-order chi connectivity index (χ0) is 9.03. The number of hydrogen-bond acceptors (Lipinski definition) is 1. The third-order valence-electron chi connectivity index (χ3n) is 2.34. The molecule has 0 aromatic rings. The summed E-state index contributed by atoms with van der Waals surface area (Å²) in [5.41, 5.74) is 5.12. The number of alkyl halides is 2. The lowest BCUT2D eigenvalue weighted by molar-refractivity contribution is -0.0659. The van der Waals surface area contributed by atoms with Crippen molar-refractivity contribution in [3.05, 3.63) is 12.2 Å². The number of halogens is 2. The first-order chi connectivity index (χ1) is 5.67. The van der Waals surface area contributed by atoms with Crippen molar-refractivity contribution < 1.29 is 8.78 Å². The summed E-state index contributed by atoms with van der Waals surface area (Å²) in [6, 6.07) is 0. The Labute approximate surface area is 71.6 Å². The predicted molar refractivity (Wildman–Crippen MR) is 45.1 cm³/mol. The number of nitrogens with two attached hydrogens (primary N) is 1. The van der Waals surface area contributed by atoms with E-state index < -0.39 is 11.8 Å². The first kappa shape index (κ1) is 9.65. The normalized spacial score (nSPS) is 24.4. The van der Waals surface area contributed by atoms with Gasteiger partial charge in [-0.3, -0.25) is 0 Å². The Morgan fingerprint density at radius 1 is 1.42 bits per heavy atom. The monoisotopic (exact) mass is 175 g/mol. The highest BCUT2D eigenvalue weighted by atomic mass is 19.3. The van der Waals surface area contributed by atoms with Crippen LogP contribution < -0.4 is 5.73 Å². The van der Waals surface area contributed by atoms with Crippen LogP contribution in [0.1, 0.15) is 25.7 Å². The number of rotatable bonds is 3. The molecule has 1 rings (SSSR count). The summed E-state index contributed by atoms with van der Waals surface area (Å²) in [7, 11) is 0. The Morgan fingerprint density at radius 3 is 2.67 bits per heavy atom. The lowest BCUT2D eigenvalue weighted by Gasteiger charge is -2.27. The van der Waals surface area contributed by atoms with E-state index in [4.69, 9.17) is 5.73 Å². The van der Waals surface area contributed by atoms with E-state index in [1.807, 2.05) is 12.2 Å². The first-order valence-corrected chi connectivity index (χ1v) is 4.39. The van der Waals surface area contributed by atoms with Gasteiger partial charge in [-0.15, -0.1) is 0 Å². The van der Waals surface area contributed by atoms with Crippen LogP contribution in [0.25, 0.3) is 0 Å². The summed E-state index contributed by atoms with van der Waals surface area (Å²) in [4.78, 5) is 0. The van der Waals surface area contributed by atoms with E-state index in [-0.39, 0.29) is 13.0 Å². The molecule has 0 aliphatic heterocycles. The van der Waals surface area contributed by atoms with E-state index in [9.17, 15) is 8.78 Å². The van der Waals surface area contributed by atoms with Crippen molar-refractivity contribution in [3.8, 4) is 0 Å². The molecule has 0 saturated heterocycles. The third kappa shape index (κ3) is 2.27. The van der Waals surface area contributed by atoms with Gasteiger partial charge < -0.3 is 5.73 Å². The zero-order valence-electron chi connectivity index (χ0n) is 7.10. The van der Waals surface area contributed by atoms with E-state index in [1.165, 1.54) is 0 Å². The summed E-state index contributed by atoms with van der Waals surface area (Å²) in [5.74, 6) is -3.04. The largest absolute Gasteiger partial charge is 0.330 e. The third-order valence-corrected chi connectivity index (χ3v) is 2.34. The van der Waals surface area contributed by atoms with Crippen molar-refractivity contribution >= 4 is 0 Å². The van der Waals surface area contributed by atoms with Gasteiger partial charge in [-0.25, -0.2) is 8.78 Å². The molecule has 1 unspecified atom stereocenters. The zero-order valence-corrected chi connectivity index (χ0v) is 7.10. The van der Waals surface area contributed by atoms with Crippen LogP contribution in [0.4, 0.5) is 8.78 Å². The maximum absolute atomic E-state index is 13.2. The fourth-order valence-electron chi connectivity index (χ4n) is 1.57. The fourth-order valence-corrected chi connectivity index (χ4v) is 1.57. The second kappa shape index (κ2) is 3.99. The van der Waals surface area contributed by atoms with Crippen LogP contribution in [0.5, 0.6) is 0 Å². The highest BCUT2D eigenvalue weighted by Gasteiger charge is 2.37. The quantitative estimate of drug-likeness (QED) is 0.654. The van der Waals surface area contributed by atoms with Gasteiger partial charge in [0, 0.05) is 12.3 Å². The summed E-state index contributed by atoms with van der Waals surface area (Å²) in [6.45, 7) is 0.0766. The molecule has 0 radical (unpaired) electrons. The average molecular weight is 175 g/mol. The topological polar surface area (TPSA) is 26.0 Å². The number of allylic oxidation sites excluding steroid dienone is 2. The van der Waals surface area contributed by atoms with Crippen LogP contribution in [0, 0.1) is 5.92 Å². The molecule has 1 aliphatic rings. The molecule has 70 valence electrons. The van der Waals surface area contributed by atoms with Crippen LogP contribution in [0.15, 0.2) is 12.2 Å². The molecule has 1 nitrogen and oxygen atoms in total. The molecule has 0 saturated carbocycles. The molecule has 0 amide bonds. The van der Waals surface area contributed by atoms with Gasteiger partial charge in [-0.1, -0.05) is 12.2 Å². The molecule has 1 aliphatic carbocycles. The van der Waals surface area contributed by atoms with Crippen LogP contribution in [-0.2, 0) is 0 Å². The van der Waals surface area contributed by atoms with E-state index in [0.717, 1.165) is 6.42 Å². The highest BCUT2D eigenvalue weighted by molar-refractivity contribution is 4.94. The van der Waals surface area contributed by atoms with E-state index in [1.54, 1.807) is 0 Å². The van der Waals surface area contributed by atoms with Gasteiger partial charge in [0.05, 0.1) is 0 Å². The predicted octanol–water partition coefficient (Wildman–Crippen LogP) is 2.33. The van der Waals surface area contributed by atoms with Crippen LogP contribution in [0.2, 0.25) is 0 Å². The Morgan fingerprint density at radius 2 is 2.17 bits per heavy atom. The van der Waals surface area contributed by atoms with Crippen molar-refractivity contribution in [1.29, 1.82) is 0 Å². The summed E-state index contributed by atoms with van der Waals surface area (Å²) < 4.78 is 26.4. The molecule has 12 heavy (non-hydrogen) atoms. The van der Waals surface area contributed by atoms with Crippen LogP contribution in [0.3, 0.4) is 0 Å². The van der Waals surface area contributed by atoms with E-state index >= 15 is 0 Å². The minimum absolute atomic E-state index is 0.0766. The van der Waals surface area contributed by atoms with Gasteiger partial charge in [0.2, 0.25) is 0 Å². The summed E-state index contributed by atoms with van der Waals surface area (Å²) in [5, 5.41) is 0. The van der Waals surface area contributed by atoms with Crippen molar-refractivity contribution in [2.75, 3.05) is 6.54 Å². The molecule has 0 aromatic carbocycles. The Bertz CT molecular complexity index is 166. The lowest BCUT2D eigenvalue weighted by atomic mass is 9.87. The maximum Gasteiger partial charge on any atom is 0.252 e. The summed E-state index contributed by atoms with van der Waals surface area (Å²) >= 11 is 0. The van der Waals surface area contributed by atoms with Gasteiger partial charge in [-0.2, -0.15) is 0 Å². The molecule has 0 heterocycles. The average Bonchev–Trinajstić information content (AvgIpc) is 2.06. The van der Waals surface area contributed by atoms with Crippen molar-refractivity contribution in [1.82, 2.24) is 0 Å². The minimum atomic E-state index is -2.56. The van der Waals surface area contributed by atoms with Gasteiger partial charge >= 0.3 is 0 Å². The SMILES string of the molecule is NCCC(F)(F)C1CC=CCC1. The van der Waals surface area contributed by atoms with E-state index in [0.29, 0.717) is 12.8 Å². The van der Waals surface area contributed by atoms with Crippen molar-refractivity contribution in [2.45, 2.75) is 31.6 Å². The smallest absolute Gasteiger partial charge is 0.252 e. The first-order valence-electron chi connectivity index (χ1n) is 4.39. The van der Waals surface area contributed by atoms with Crippen LogP contribution >= 0.6 is 0 Å². The minimum Gasteiger partial charge on any atom is -0.330 e. The van der Waals surface area contributed by atoms with Gasteiger partial charge in [0.25, 0.3) is 5.92 Å². The molecule has 1 atom stereocenters. The summed E-state index contributed by atoms with van der Waals surface area (Å²) in [6.07, 6.45) is 5.53. The Kier molecular flexibility index (Phi) is 3.20. The molecule has 0 bridgehead atoms.